The lowest BCUT2D eigenvalue weighted by Crippen LogP contribution is -2.34. The van der Waals surface area contributed by atoms with Crippen molar-refractivity contribution in [1.82, 2.24) is 5.32 Å². The maximum Gasteiger partial charge on any atom is 0.00698 e. The van der Waals surface area contributed by atoms with E-state index in [1.807, 2.05) is 0 Å². The van der Waals surface area contributed by atoms with Gasteiger partial charge in [-0.25, -0.2) is 0 Å². The third kappa shape index (κ3) is 2.94. The Morgan fingerprint density at radius 1 is 1.13 bits per heavy atom. The average molecular weight is 210 g/mol. The third-order valence-electron chi connectivity index (χ3n) is 4.48. The maximum absolute atomic E-state index is 5.80. The highest BCUT2D eigenvalue weighted by molar-refractivity contribution is 4.83. The van der Waals surface area contributed by atoms with Crippen molar-refractivity contribution in [2.75, 3.05) is 13.1 Å². The van der Waals surface area contributed by atoms with Gasteiger partial charge in [-0.05, 0) is 62.9 Å². The Bertz CT molecular complexity index is 193. The van der Waals surface area contributed by atoms with Crippen molar-refractivity contribution < 1.29 is 0 Å². The number of hydrogen-bond donors (Lipinski definition) is 2. The van der Waals surface area contributed by atoms with Gasteiger partial charge in [0.25, 0.3) is 0 Å². The summed E-state index contributed by atoms with van der Waals surface area (Å²) in [6, 6.07) is 0.805. The molecule has 4 unspecified atom stereocenters. The lowest BCUT2D eigenvalue weighted by atomic mass is 9.96. The summed E-state index contributed by atoms with van der Waals surface area (Å²) in [6.07, 6.45) is 8.36. The van der Waals surface area contributed by atoms with Crippen molar-refractivity contribution in [1.29, 1.82) is 0 Å². The molecular weight excluding hydrogens is 184 g/mol. The molecule has 0 spiro atoms. The summed E-state index contributed by atoms with van der Waals surface area (Å²) in [7, 11) is 0. The van der Waals surface area contributed by atoms with E-state index in [1.54, 1.807) is 0 Å². The van der Waals surface area contributed by atoms with Crippen molar-refractivity contribution in [2.45, 2.75) is 51.5 Å². The van der Waals surface area contributed by atoms with Crippen LogP contribution in [0.2, 0.25) is 0 Å². The van der Waals surface area contributed by atoms with Crippen LogP contribution in [0.15, 0.2) is 0 Å². The second kappa shape index (κ2) is 5.31. The van der Waals surface area contributed by atoms with Gasteiger partial charge in [0.2, 0.25) is 0 Å². The Morgan fingerprint density at radius 3 is 2.60 bits per heavy atom. The first-order valence-electron chi connectivity index (χ1n) is 6.73. The van der Waals surface area contributed by atoms with Gasteiger partial charge in [-0.3, -0.25) is 0 Å². The molecule has 88 valence electrons. The van der Waals surface area contributed by atoms with Crippen LogP contribution in [0.4, 0.5) is 0 Å². The Hall–Kier alpha value is -0.0800. The van der Waals surface area contributed by atoms with Crippen LogP contribution in [-0.4, -0.2) is 19.1 Å². The zero-order valence-electron chi connectivity index (χ0n) is 10.0. The minimum atomic E-state index is 0.802. The molecule has 0 amide bonds. The Labute approximate surface area is 94.0 Å². The molecule has 2 heteroatoms. The fourth-order valence-corrected chi connectivity index (χ4v) is 3.40. The van der Waals surface area contributed by atoms with E-state index in [0.717, 1.165) is 30.3 Å². The van der Waals surface area contributed by atoms with Crippen molar-refractivity contribution in [2.24, 2.45) is 23.5 Å². The number of nitrogens with one attached hydrogen (secondary N) is 1. The second-order valence-corrected chi connectivity index (χ2v) is 5.71. The summed E-state index contributed by atoms with van der Waals surface area (Å²) in [5.74, 6) is 2.61. The zero-order valence-corrected chi connectivity index (χ0v) is 10.0. The molecule has 4 atom stereocenters. The van der Waals surface area contributed by atoms with Crippen molar-refractivity contribution in [3.8, 4) is 0 Å². The monoisotopic (exact) mass is 210 g/mol. The molecule has 0 radical (unpaired) electrons. The van der Waals surface area contributed by atoms with E-state index < -0.39 is 0 Å². The molecule has 2 rings (SSSR count). The van der Waals surface area contributed by atoms with Crippen LogP contribution in [0.3, 0.4) is 0 Å². The van der Waals surface area contributed by atoms with E-state index >= 15 is 0 Å². The van der Waals surface area contributed by atoms with Gasteiger partial charge in [0.15, 0.2) is 0 Å². The molecule has 0 aliphatic heterocycles. The molecule has 0 bridgehead atoms. The van der Waals surface area contributed by atoms with Gasteiger partial charge >= 0.3 is 0 Å². The fourth-order valence-electron chi connectivity index (χ4n) is 3.40. The summed E-state index contributed by atoms with van der Waals surface area (Å²) < 4.78 is 0. The van der Waals surface area contributed by atoms with E-state index in [-0.39, 0.29) is 0 Å². The fraction of sp³-hybridized carbons (Fsp3) is 1.00. The molecule has 0 aromatic carbocycles. The predicted molar refractivity (Wildman–Crippen MR) is 64.7 cm³/mol. The molecule has 0 saturated heterocycles. The van der Waals surface area contributed by atoms with Crippen LogP contribution in [0, 0.1) is 17.8 Å². The Morgan fingerprint density at radius 2 is 1.93 bits per heavy atom. The molecule has 2 aliphatic carbocycles. The van der Waals surface area contributed by atoms with Crippen molar-refractivity contribution in [3.63, 3.8) is 0 Å². The minimum Gasteiger partial charge on any atom is -0.330 e. The van der Waals surface area contributed by atoms with Crippen molar-refractivity contribution in [3.05, 3.63) is 0 Å². The Kier molecular flexibility index (Phi) is 4.04. The molecule has 3 N–H and O–H groups in total. The van der Waals surface area contributed by atoms with Crippen LogP contribution in [-0.2, 0) is 0 Å². The largest absolute Gasteiger partial charge is 0.330 e. The third-order valence-corrected chi connectivity index (χ3v) is 4.48. The molecule has 2 saturated carbocycles. The lowest BCUT2D eigenvalue weighted by Gasteiger charge is -2.21. The molecule has 2 nitrogen and oxygen atoms in total. The van der Waals surface area contributed by atoms with E-state index in [0.29, 0.717) is 0 Å². The highest BCUT2D eigenvalue weighted by Crippen LogP contribution is 2.31. The topological polar surface area (TPSA) is 38.0 Å². The first-order chi connectivity index (χ1) is 7.29. The van der Waals surface area contributed by atoms with E-state index in [9.17, 15) is 0 Å². The van der Waals surface area contributed by atoms with Crippen LogP contribution < -0.4 is 11.1 Å². The van der Waals surface area contributed by atoms with Gasteiger partial charge in [0.1, 0.15) is 0 Å². The van der Waals surface area contributed by atoms with Gasteiger partial charge < -0.3 is 11.1 Å². The summed E-state index contributed by atoms with van der Waals surface area (Å²) in [5, 5.41) is 3.76. The lowest BCUT2D eigenvalue weighted by molar-refractivity contribution is 0.351. The van der Waals surface area contributed by atoms with E-state index in [4.69, 9.17) is 5.73 Å². The summed E-state index contributed by atoms with van der Waals surface area (Å²) in [5.41, 5.74) is 5.80. The van der Waals surface area contributed by atoms with Gasteiger partial charge in [-0.15, -0.1) is 0 Å². The molecule has 2 aliphatic rings. The van der Waals surface area contributed by atoms with Gasteiger partial charge in [0, 0.05) is 6.04 Å². The molecule has 2 fully saturated rings. The van der Waals surface area contributed by atoms with Crippen LogP contribution in [0.1, 0.15) is 45.4 Å². The summed E-state index contributed by atoms with van der Waals surface area (Å²) in [6.45, 7) is 4.49. The maximum atomic E-state index is 5.80. The summed E-state index contributed by atoms with van der Waals surface area (Å²) in [4.78, 5) is 0. The number of hydrogen-bond acceptors (Lipinski definition) is 2. The standard InChI is InChI=1S/C13H26N2/c1-10-5-6-13(7-10)15-9-12-4-2-3-11(12)8-14/h10-13,15H,2-9,14H2,1H3. The predicted octanol–water partition coefficient (Wildman–Crippen LogP) is 2.14. The second-order valence-electron chi connectivity index (χ2n) is 5.71. The smallest absolute Gasteiger partial charge is 0.00698 e. The van der Waals surface area contributed by atoms with Gasteiger partial charge in [-0.1, -0.05) is 13.3 Å². The summed E-state index contributed by atoms with van der Waals surface area (Å²) >= 11 is 0. The molecule has 0 aromatic heterocycles. The normalized spacial score (nSPS) is 41.2. The quantitative estimate of drug-likeness (QED) is 0.746. The SMILES string of the molecule is CC1CCC(NCC2CCCC2CN)C1. The number of nitrogens with two attached hydrogens (primary N) is 1. The van der Waals surface area contributed by atoms with E-state index in [2.05, 4.69) is 12.2 Å². The molecular formula is C13H26N2. The zero-order chi connectivity index (χ0) is 10.7. The first-order valence-corrected chi connectivity index (χ1v) is 6.73. The van der Waals surface area contributed by atoms with Crippen LogP contribution >= 0.6 is 0 Å². The van der Waals surface area contributed by atoms with Crippen LogP contribution in [0.5, 0.6) is 0 Å². The molecule has 15 heavy (non-hydrogen) atoms. The molecule has 0 aromatic rings. The number of rotatable bonds is 4. The molecule has 0 heterocycles. The van der Waals surface area contributed by atoms with Gasteiger partial charge in [-0.2, -0.15) is 0 Å². The van der Waals surface area contributed by atoms with Crippen molar-refractivity contribution >= 4 is 0 Å². The Balaban J connectivity index is 1.68. The first kappa shape index (κ1) is 11.4. The highest BCUT2D eigenvalue weighted by atomic mass is 14.9. The average Bonchev–Trinajstić information content (AvgIpc) is 2.83. The van der Waals surface area contributed by atoms with Gasteiger partial charge in [0.05, 0.1) is 0 Å². The highest BCUT2D eigenvalue weighted by Gasteiger charge is 2.27. The minimum absolute atomic E-state index is 0.802. The van der Waals surface area contributed by atoms with E-state index in [1.165, 1.54) is 45.1 Å². The van der Waals surface area contributed by atoms with Crippen LogP contribution in [0.25, 0.3) is 0 Å².